The molecule has 1 aliphatic heterocycles. The number of carbonyl (C=O) groups is 1. The third-order valence-corrected chi connectivity index (χ3v) is 5.80. The summed E-state index contributed by atoms with van der Waals surface area (Å²) in [7, 11) is -4.36. The Morgan fingerprint density at radius 3 is 2.33 bits per heavy atom. The molecule has 1 amide bonds. The lowest BCUT2D eigenvalue weighted by Crippen LogP contribution is -2.32. The standard InChI is InChI=1S/C18H17F3N2O3S/c19-18(20,21)15-8-4-5-9-16(15)27(25,26)22-11-13-10-17(24)23(12-13)14-6-2-1-3-7-14/h1-9,13,22H,10-12H2/t13-/m0/s1. The van der Waals surface area contributed by atoms with Crippen molar-refractivity contribution in [2.24, 2.45) is 5.92 Å². The summed E-state index contributed by atoms with van der Waals surface area (Å²) in [5.41, 5.74) is -0.513. The van der Waals surface area contributed by atoms with Gasteiger partial charge in [0.1, 0.15) is 0 Å². The Morgan fingerprint density at radius 2 is 1.67 bits per heavy atom. The van der Waals surface area contributed by atoms with Crippen LogP contribution < -0.4 is 9.62 Å². The van der Waals surface area contributed by atoms with Crippen LogP contribution in [0.15, 0.2) is 59.5 Å². The van der Waals surface area contributed by atoms with Crippen molar-refractivity contribution in [3.8, 4) is 0 Å². The van der Waals surface area contributed by atoms with Gasteiger partial charge in [-0.25, -0.2) is 13.1 Å². The molecule has 0 saturated carbocycles. The van der Waals surface area contributed by atoms with E-state index in [9.17, 15) is 26.4 Å². The molecule has 144 valence electrons. The third kappa shape index (κ3) is 4.30. The van der Waals surface area contributed by atoms with Gasteiger partial charge in [0.2, 0.25) is 15.9 Å². The largest absolute Gasteiger partial charge is 0.417 e. The van der Waals surface area contributed by atoms with Crippen LogP contribution in [-0.4, -0.2) is 27.4 Å². The van der Waals surface area contributed by atoms with E-state index in [1.165, 1.54) is 6.07 Å². The zero-order chi connectivity index (χ0) is 19.7. The number of anilines is 1. The Labute approximate surface area is 154 Å². The molecule has 2 aromatic carbocycles. The van der Waals surface area contributed by atoms with Gasteiger partial charge in [-0.15, -0.1) is 0 Å². The van der Waals surface area contributed by atoms with Crippen LogP contribution in [0.25, 0.3) is 0 Å². The number of carbonyl (C=O) groups excluding carboxylic acids is 1. The van der Waals surface area contributed by atoms with Gasteiger partial charge < -0.3 is 4.90 Å². The molecule has 1 heterocycles. The molecular formula is C18H17F3N2O3S. The predicted molar refractivity (Wildman–Crippen MR) is 93.5 cm³/mol. The Hall–Kier alpha value is -2.39. The number of nitrogens with zero attached hydrogens (tertiary/aromatic N) is 1. The lowest BCUT2D eigenvalue weighted by Gasteiger charge is -2.17. The SMILES string of the molecule is O=C1C[C@@H](CNS(=O)(=O)c2ccccc2C(F)(F)F)CN1c1ccccc1. The molecule has 2 aromatic rings. The van der Waals surface area contributed by atoms with Crippen molar-refractivity contribution >= 4 is 21.6 Å². The van der Waals surface area contributed by atoms with Crippen LogP contribution in [-0.2, 0) is 21.0 Å². The van der Waals surface area contributed by atoms with E-state index in [-0.39, 0.29) is 24.8 Å². The van der Waals surface area contributed by atoms with E-state index in [0.717, 1.165) is 18.2 Å². The summed E-state index contributed by atoms with van der Waals surface area (Å²) in [5, 5.41) is 0. The number of rotatable bonds is 5. The van der Waals surface area contributed by atoms with Crippen molar-refractivity contribution in [3.05, 3.63) is 60.2 Å². The molecule has 0 aliphatic carbocycles. The zero-order valence-electron chi connectivity index (χ0n) is 14.1. The fourth-order valence-corrected chi connectivity index (χ4v) is 4.36. The maximum atomic E-state index is 13.1. The van der Waals surface area contributed by atoms with E-state index in [1.54, 1.807) is 29.2 Å². The highest BCUT2D eigenvalue weighted by Gasteiger charge is 2.37. The Bertz CT molecular complexity index is 930. The van der Waals surface area contributed by atoms with Crippen molar-refractivity contribution in [1.82, 2.24) is 4.72 Å². The first-order chi connectivity index (χ1) is 12.7. The number of benzene rings is 2. The van der Waals surface area contributed by atoms with Crippen molar-refractivity contribution in [2.45, 2.75) is 17.5 Å². The van der Waals surface area contributed by atoms with Crippen LogP contribution in [0.1, 0.15) is 12.0 Å². The topological polar surface area (TPSA) is 66.5 Å². The van der Waals surface area contributed by atoms with Gasteiger partial charge in [-0.2, -0.15) is 13.2 Å². The van der Waals surface area contributed by atoms with Crippen LogP contribution in [0, 0.1) is 5.92 Å². The minimum Gasteiger partial charge on any atom is -0.312 e. The number of amides is 1. The van der Waals surface area contributed by atoms with Crippen molar-refractivity contribution in [1.29, 1.82) is 0 Å². The number of hydrogen-bond donors (Lipinski definition) is 1. The summed E-state index contributed by atoms with van der Waals surface area (Å²) in [4.78, 5) is 12.9. The molecule has 3 rings (SSSR count). The van der Waals surface area contributed by atoms with Crippen LogP contribution >= 0.6 is 0 Å². The number of para-hydroxylation sites is 1. The first-order valence-electron chi connectivity index (χ1n) is 8.20. The smallest absolute Gasteiger partial charge is 0.312 e. The maximum Gasteiger partial charge on any atom is 0.417 e. The lowest BCUT2D eigenvalue weighted by molar-refractivity contribution is -0.139. The van der Waals surface area contributed by atoms with Gasteiger partial charge in [-0.3, -0.25) is 4.79 Å². The second-order valence-corrected chi connectivity index (χ2v) is 7.99. The van der Waals surface area contributed by atoms with E-state index in [0.29, 0.717) is 12.2 Å². The Kier molecular flexibility index (Phi) is 5.25. The van der Waals surface area contributed by atoms with Crippen LogP contribution in [0.4, 0.5) is 18.9 Å². The Morgan fingerprint density at radius 1 is 1.04 bits per heavy atom. The average molecular weight is 398 g/mol. The molecule has 0 spiro atoms. The highest BCUT2D eigenvalue weighted by Crippen LogP contribution is 2.34. The van der Waals surface area contributed by atoms with E-state index in [2.05, 4.69) is 4.72 Å². The zero-order valence-corrected chi connectivity index (χ0v) is 14.9. The fraction of sp³-hybridized carbons (Fsp3) is 0.278. The molecule has 0 radical (unpaired) electrons. The highest BCUT2D eigenvalue weighted by molar-refractivity contribution is 7.89. The molecule has 0 bridgehead atoms. The van der Waals surface area contributed by atoms with Crippen molar-refractivity contribution in [2.75, 3.05) is 18.0 Å². The summed E-state index contributed by atoms with van der Waals surface area (Å²) in [5.74, 6) is -0.480. The summed E-state index contributed by atoms with van der Waals surface area (Å²) in [6.07, 6.45) is -4.66. The summed E-state index contributed by atoms with van der Waals surface area (Å²) >= 11 is 0. The van der Waals surface area contributed by atoms with E-state index in [1.807, 2.05) is 6.07 Å². The molecule has 0 unspecified atom stereocenters. The highest BCUT2D eigenvalue weighted by atomic mass is 32.2. The molecule has 27 heavy (non-hydrogen) atoms. The van der Waals surface area contributed by atoms with E-state index in [4.69, 9.17) is 0 Å². The molecule has 1 aliphatic rings. The number of sulfonamides is 1. The second-order valence-electron chi connectivity index (χ2n) is 6.26. The van der Waals surface area contributed by atoms with Crippen molar-refractivity contribution in [3.63, 3.8) is 0 Å². The summed E-state index contributed by atoms with van der Waals surface area (Å²) in [6.45, 7) is 0.176. The average Bonchev–Trinajstić information content (AvgIpc) is 3.01. The first kappa shape index (κ1) is 19.4. The van der Waals surface area contributed by atoms with Gasteiger partial charge in [0.25, 0.3) is 0 Å². The normalized spacial score (nSPS) is 18.1. The minimum absolute atomic E-state index is 0.121. The lowest BCUT2D eigenvalue weighted by atomic mass is 10.1. The van der Waals surface area contributed by atoms with Crippen LogP contribution in [0.3, 0.4) is 0 Å². The van der Waals surface area contributed by atoms with E-state index < -0.39 is 26.7 Å². The van der Waals surface area contributed by atoms with Gasteiger partial charge >= 0.3 is 6.18 Å². The quantitative estimate of drug-likeness (QED) is 0.842. The molecule has 5 nitrogen and oxygen atoms in total. The van der Waals surface area contributed by atoms with Gasteiger partial charge in [0.15, 0.2) is 0 Å². The Balaban J connectivity index is 1.71. The fourth-order valence-electron chi connectivity index (χ4n) is 3.02. The first-order valence-corrected chi connectivity index (χ1v) is 9.68. The summed E-state index contributed by atoms with van der Waals surface area (Å²) < 4.78 is 66.2. The van der Waals surface area contributed by atoms with Gasteiger partial charge in [-0.1, -0.05) is 30.3 Å². The van der Waals surface area contributed by atoms with Gasteiger partial charge in [0, 0.05) is 25.2 Å². The molecule has 1 fully saturated rings. The van der Waals surface area contributed by atoms with Crippen LogP contribution in [0.2, 0.25) is 0 Å². The number of nitrogens with one attached hydrogen (secondary N) is 1. The molecule has 1 saturated heterocycles. The minimum atomic E-state index is -4.78. The predicted octanol–water partition coefficient (Wildman–Crippen LogP) is 3.04. The summed E-state index contributed by atoms with van der Waals surface area (Å²) in [6, 6.07) is 12.9. The van der Waals surface area contributed by atoms with Gasteiger partial charge in [-0.05, 0) is 30.2 Å². The van der Waals surface area contributed by atoms with Crippen LogP contribution in [0.5, 0.6) is 0 Å². The third-order valence-electron chi connectivity index (χ3n) is 4.32. The second kappa shape index (κ2) is 7.32. The maximum absolute atomic E-state index is 13.1. The molecule has 1 atom stereocenters. The van der Waals surface area contributed by atoms with E-state index >= 15 is 0 Å². The molecular weight excluding hydrogens is 381 g/mol. The molecule has 9 heteroatoms. The monoisotopic (exact) mass is 398 g/mol. The van der Waals surface area contributed by atoms with Gasteiger partial charge in [0.05, 0.1) is 10.5 Å². The number of alkyl halides is 3. The van der Waals surface area contributed by atoms with Crippen molar-refractivity contribution < 1.29 is 26.4 Å². The molecule has 1 N–H and O–H groups in total. The number of halogens is 3. The number of hydrogen-bond acceptors (Lipinski definition) is 3. The molecule has 0 aromatic heterocycles.